The van der Waals surface area contributed by atoms with Crippen LogP contribution in [-0.2, 0) is 19.4 Å². The molecule has 1 atom stereocenters. The molecule has 0 aliphatic carbocycles. The van der Waals surface area contributed by atoms with E-state index < -0.39 is 27.0 Å². The number of nitrogens with zero attached hydrogens (tertiary/aromatic N) is 1. The Kier molecular flexibility index (Phi) is 5.00. The van der Waals surface area contributed by atoms with Crippen LogP contribution in [0, 0.1) is 0 Å². The Hall–Kier alpha value is -2.07. The van der Waals surface area contributed by atoms with E-state index in [1.807, 2.05) is 0 Å². The molecule has 8 nitrogen and oxygen atoms in total. The van der Waals surface area contributed by atoms with Crippen LogP contribution in [0.5, 0.6) is 0 Å². The Labute approximate surface area is 148 Å². The van der Waals surface area contributed by atoms with Crippen molar-refractivity contribution in [1.29, 1.82) is 0 Å². The number of thioether (sulfide) groups is 1. The number of hydrogen-bond donors (Lipinski definition) is 1. The summed E-state index contributed by atoms with van der Waals surface area (Å²) in [6, 6.07) is 2.94. The van der Waals surface area contributed by atoms with Crippen molar-refractivity contribution in [2.24, 2.45) is 0 Å². The third-order valence-electron chi connectivity index (χ3n) is 3.85. The first-order chi connectivity index (χ1) is 11.8. The van der Waals surface area contributed by atoms with E-state index in [0.29, 0.717) is 12.2 Å². The van der Waals surface area contributed by atoms with Gasteiger partial charge in [0.25, 0.3) is 11.1 Å². The molecule has 0 spiro atoms. The number of furan rings is 1. The molecule has 134 valence electrons. The summed E-state index contributed by atoms with van der Waals surface area (Å²) in [6.45, 7) is -0.0501. The molecule has 2 saturated heterocycles. The van der Waals surface area contributed by atoms with E-state index >= 15 is 0 Å². The lowest BCUT2D eigenvalue weighted by molar-refractivity contribution is -0.124. The van der Waals surface area contributed by atoms with Gasteiger partial charge in [-0.05, 0) is 30.3 Å². The quantitative estimate of drug-likeness (QED) is 0.754. The largest absolute Gasteiger partial charge is 0.465 e. The van der Waals surface area contributed by atoms with Crippen LogP contribution >= 0.6 is 11.8 Å². The van der Waals surface area contributed by atoms with E-state index in [1.165, 1.54) is 12.3 Å². The van der Waals surface area contributed by atoms with Gasteiger partial charge in [0, 0.05) is 25.1 Å². The molecular weight excluding hydrogens is 368 g/mol. The molecule has 1 N–H and O–H groups in total. The van der Waals surface area contributed by atoms with E-state index in [1.54, 1.807) is 12.1 Å². The standard InChI is InChI=1S/C15H16N2O6S2/c18-13(16-10-4-7-25(21,22)9-10)3-5-17-14(19)12(24-15(17)20)8-11-2-1-6-23-11/h1-2,6,8,10H,3-5,7,9H2,(H,16,18)/b12-8+/t10-/m1/s1. The maximum absolute atomic E-state index is 12.2. The van der Waals surface area contributed by atoms with Crippen LogP contribution in [-0.4, -0.2) is 54.5 Å². The van der Waals surface area contributed by atoms with E-state index in [-0.39, 0.29) is 35.3 Å². The summed E-state index contributed by atoms with van der Waals surface area (Å²) in [5.41, 5.74) is 0. The Morgan fingerprint density at radius 3 is 2.88 bits per heavy atom. The summed E-state index contributed by atoms with van der Waals surface area (Å²) in [6.07, 6.45) is 3.27. The minimum atomic E-state index is -3.07. The number of sulfone groups is 1. The molecule has 1 aromatic rings. The van der Waals surface area contributed by atoms with Crippen LogP contribution < -0.4 is 5.32 Å². The third kappa shape index (κ3) is 4.31. The number of nitrogens with one attached hydrogen (secondary N) is 1. The molecule has 25 heavy (non-hydrogen) atoms. The minimum Gasteiger partial charge on any atom is -0.465 e. The van der Waals surface area contributed by atoms with Gasteiger partial charge in [-0.3, -0.25) is 19.3 Å². The average molecular weight is 384 g/mol. The maximum atomic E-state index is 12.2. The topological polar surface area (TPSA) is 114 Å². The predicted octanol–water partition coefficient (Wildman–Crippen LogP) is 1.01. The van der Waals surface area contributed by atoms with E-state index in [9.17, 15) is 22.8 Å². The van der Waals surface area contributed by atoms with Gasteiger partial charge in [0.1, 0.15) is 5.76 Å². The van der Waals surface area contributed by atoms with Crippen LogP contribution in [0.4, 0.5) is 4.79 Å². The van der Waals surface area contributed by atoms with Crippen LogP contribution in [0.25, 0.3) is 6.08 Å². The molecule has 0 radical (unpaired) electrons. The number of carbonyl (C=O) groups is 3. The Morgan fingerprint density at radius 2 is 2.24 bits per heavy atom. The normalized spacial score (nSPS) is 24.2. The summed E-state index contributed by atoms with van der Waals surface area (Å²) >= 11 is 0.792. The van der Waals surface area contributed by atoms with Gasteiger partial charge in [-0.15, -0.1) is 0 Å². The lowest BCUT2D eigenvalue weighted by Crippen LogP contribution is -2.38. The molecule has 3 rings (SSSR count). The van der Waals surface area contributed by atoms with Crippen molar-refractivity contribution in [3.63, 3.8) is 0 Å². The Morgan fingerprint density at radius 1 is 1.44 bits per heavy atom. The Balaban J connectivity index is 1.53. The second kappa shape index (κ2) is 7.04. The van der Waals surface area contributed by atoms with Crippen LogP contribution in [0.3, 0.4) is 0 Å². The van der Waals surface area contributed by atoms with E-state index in [4.69, 9.17) is 4.42 Å². The lowest BCUT2D eigenvalue weighted by atomic mass is 10.2. The summed E-state index contributed by atoms with van der Waals surface area (Å²) in [7, 11) is -3.07. The number of imide groups is 1. The minimum absolute atomic E-state index is 0.0501. The van der Waals surface area contributed by atoms with Crippen molar-refractivity contribution in [3.05, 3.63) is 29.1 Å². The summed E-state index contributed by atoms with van der Waals surface area (Å²) in [5, 5.41) is 2.19. The van der Waals surface area contributed by atoms with Crippen LogP contribution in [0.15, 0.2) is 27.7 Å². The summed E-state index contributed by atoms with van der Waals surface area (Å²) in [5.74, 6) is -0.380. The van der Waals surface area contributed by atoms with Gasteiger partial charge in [0.05, 0.1) is 22.7 Å². The molecule has 2 aliphatic heterocycles. The van der Waals surface area contributed by atoms with E-state index in [0.717, 1.165) is 16.7 Å². The third-order valence-corrected chi connectivity index (χ3v) is 6.53. The number of amides is 3. The molecule has 0 aromatic carbocycles. The van der Waals surface area contributed by atoms with Crippen molar-refractivity contribution < 1.29 is 27.2 Å². The maximum Gasteiger partial charge on any atom is 0.293 e. The number of rotatable bonds is 5. The van der Waals surface area contributed by atoms with Gasteiger partial charge >= 0.3 is 0 Å². The zero-order chi connectivity index (χ0) is 18.0. The predicted molar refractivity (Wildman–Crippen MR) is 91.2 cm³/mol. The van der Waals surface area contributed by atoms with Crippen molar-refractivity contribution in [2.45, 2.75) is 18.9 Å². The summed E-state index contributed by atoms with van der Waals surface area (Å²) < 4.78 is 27.9. The fourth-order valence-electron chi connectivity index (χ4n) is 2.62. The fourth-order valence-corrected chi connectivity index (χ4v) is 5.14. The van der Waals surface area contributed by atoms with Crippen molar-refractivity contribution >= 4 is 44.7 Å². The average Bonchev–Trinajstić information content (AvgIpc) is 3.21. The van der Waals surface area contributed by atoms with Gasteiger partial charge in [-0.1, -0.05) is 0 Å². The first-order valence-corrected chi connectivity index (χ1v) is 10.3. The van der Waals surface area contributed by atoms with E-state index in [2.05, 4.69) is 5.32 Å². The van der Waals surface area contributed by atoms with Crippen molar-refractivity contribution in [1.82, 2.24) is 10.2 Å². The van der Waals surface area contributed by atoms with Crippen LogP contribution in [0.2, 0.25) is 0 Å². The highest BCUT2D eigenvalue weighted by Gasteiger charge is 2.35. The summed E-state index contributed by atoms with van der Waals surface area (Å²) in [4.78, 5) is 37.4. The zero-order valence-corrected chi connectivity index (χ0v) is 14.8. The molecular formula is C15H16N2O6S2. The SMILES string of the molecule is O=C(CCN1C(=O)S/C(=C/c2ccco2)C1=O)N[C@@H]1CCS(=O)(=O)C1. The molecule has 10 heteroatoms. The van der Waals surface area contributed by atoms with Crippen LogP contribution in [0.1, 0.15) is 18.6 Å². The smallest absolute Gasteiger partial charge is 0.293 e. The highest BCUT2D eigenvalue weighted by atomic mass is 32.2. The molecule has 3 heterocycles. The molecule has 0 bridgehead atoms. The van der Waals surface area contributed by atoms with Gasteiger partial charge in [-0.2, -0.15) is 0 Å². The lowest BCUT2D eigenvalue weighted by Gasteiger charge is -2.14. The monoisotopic (exact) mass is 384 g/mol. The van der Waals surface area contributed by atoms with Gasteiger partial charge in [0.15, 0.2) is 9.84 Å². The first kappa shape index (κ1) is 17.7. The molecule has 3 amide bonds. The highest BCUT2D eigenvalue weighted by Crippen LogP contribution is 2.32. The first-order valence-electron chi connectivity index (χ1n) is 7.63. The van der Waals surface area contributed by atoms with Crippen molar-refractivity contribution in [3.8, 4) is 0 Å². The second-order valence-electron chi connectivity index (χ2n) is 5.77. The van der Waals surface area contributed by atoms with Gasteiger partial charge < -0.3 is 9.73 Å². The molecule has 1 aromatic heterocycles. The zero-order valence-electron chi connectivity index (χ0n) is 13.1. The van der Waals surface area contributed by atoms with Gasteiger partial charge in [-0.25, -0.2) is 8.42 Å². The number of hydrogen-bond acceptors (Lipinski definition) is 7. The second-order valence-corrected chi connectivity index (χ2v) is 8.99. The van der Waals surface area contributed by atoms with Crippen molar-refractivity contribution in [2.75, 3.05) is 18.1 Å². The fraction of sp³-hybridized carbons (Fsp3) is 0.400. The molecule has 0 saturated carbocycles. The number of carbonyl (C=O) groups excluding carboxylic acids is 3. The Bertz CT molecular complexity index is 828. The molecule has 2 fully saturated rings. The molecule has 0 unspecified atom stereocenters. The van der Waals surface area contributed by atoms with Gasteiger partial charge in [0.2, 0.25) is 5.91 Å². The molecule has 2 aliphatic rings. The highest BCUT2D eigenvalue weighted by molar-refractivity contribution is 8.18.